The molecule has 0 fully saturated rings. The Bertz CT molecular complexity index is 345. The number of nitrogens with one attached hydrogen (secondary N) is 2. The molecule has 0 aliphatic heterocycles. The summed E-state index contributed by atoms with van der Waals surface area (Å²) in [5, 5.41) is 5.19. The summed E-state index contributed by atoms with van der Waals surface area (Å²) in [7, 11) is 1.59. The number of amides is 2. The first kappa shape index (κ1) is 21.7. The van der Waals surface area contributed by atoms with E-state index in [1.54, 1.807) is 7.11 Å². The normalized spacial score (nSPS) is 11.4. The molecule has 0 aliphatic carbocycles. The van der Waals surface area contributed by atoms with E-state index in [0.29, 0.717) is 32.3 Å². The van der Waals surface area contributed by atoms with Crippen LogP contribution in [0.1, 0.15) is 34.1 Å². The number of rotatable bonds is 12. The Labute approximate surface area is 139 Å². The van der Waals surface area contributed by atoms with Crippen LogP contribution in [0.4, 0.5) is 4.79 Å². The van der Waals surface area contributed by atoms with Crippen LogP contribution in [-0.4, -0.2) is 58.6 Å². The smallest absolute Gasteiger partial charge is 0.407 e. The van der Waals surface area contributed by atoms with Gasteiger partial charge in [0.2, 0.25) is 5.91 Å². The van der Waals surface area contributed by atoms with Crippen LogP contribution in [0.25, 0.3) is 0 Å². The second-order valence-corrected chi connectivity index (χ2v) is 6.34. The zero-order valence-corrected chi connectivity index (χ0v) is 15.1. The summed E-state index contributed by atoms with van der Waals surface area (Å²) in [5.41, 5.74) is 0.169. The van der Waals surface area contributed by atoms with Gasteiger partial charge in [0, 0.05) is 13.7 Å². The van der Waals surface area contributed by atoms with Gasteiger partial charge in [0.05, 0.1) is 26.4 Å². The largest absolute Gasteiger partial charge is 0.447 e. The summed E-state index contributed by atoms with van der Waals surface area (Å²) < 4.78 is 14.8. The van der Waals surface area contributed by atoms with Crippen molar-refractivity contribution in [3.8, 4) is 0 Å². The SMILES string of the molecule is COCCOCCOC(=O)NCC(=O)NCCC(C)(C)C(C)C. The van der Waals surface area contributed by atoms with E-state index in [0.717, 1.165) is 6.42 Å². The summed E-state index contributed by atoms with van der Waals surface area (Å²) in [4.78, 5) is 23.0. The Hall–Kier alpha value is -1.34. The number of carbonyl (C=O) groups excluding carboxylic acids is 2. The minimum atomic E-state index is -0.627. The van der Waals surface area contributed by atoms with Crippen LogP contribution in [0.2, 0.25) is 0 Å². The zero-order valence-electron chi connectivity index (χ0n) is 15.1. The molecule has 0 spiro atoms. The fourth-order valence-electron chi connectivity index (χ4n) is 1.52. The lowest BCUT2D eigenvalue weighted by molar-refractivity contribution is -0.120. The molecule has 0 aliphatic rings. The predicted octanol–water partition coefficient (Wildman–Crippen LogP) is 1.56. The molecule has 0 bridgehead atoms. The molecule has 0 rings (SSSR count). The van der Waals surface area contributed by atoms with E-state index in [1.165, 1.54) is 0 Å². The molecular weight excluding hydrogens is 300 g/mol. The van der Waals surface area contributed by atoms with E-state index in [9.17, 15) is 9.59 Å². The van der Waals surface area contributed by atoms with Crippen LogP contribution >= 0.6 is 0 Å². The second kappa shape index (κ2) is 12.1. The van der Waals surface area contributed by atoms with Crippen molar-refractivity contribution in [1.82, 2.24) is 10.6 Å². The van der Waals surface area contributed by atoms with Crippen molar-refractivity contribution in [2.24, 2.45) is 11.3 Å². The highest BCUT2D eigenvalue weighted by Crippen LogP contribution is 2.29. The Balaban J connectivity index is 3.63. The minimum Gasteiger partial charge on any atom is -0.447 e. The third-order valence-electron chi connectivity index (χ3n) is 3.94. The summed E-state index contributed by atoms with van der Waals surface area (Å²) >= 11 is 0. The van der Waals surface area contributed by atoms with Gasteiger partial charge in [-0.3, -0.25) is 4.79 Å². The molecule has 2 amide bonds. The van der Waals surface area contributed by atoms with Crippen LogP contribution in [0.3, 0.4) is 0 Å². The van der Waals surface area contributed by atoms with Crippen molar-refractivity contribution in [2.45, 2.75) is 34.1 Å². The number of alkyl carbamates (subject to hydrolysis) is 1. The Morgan fingerprint density at radius 3 is 2.30 bits per heavy atom. The maximum atomic E-state index is 11.6. The van der Waals surface area contributed by atoms with Crippen molar-refractivity contribution < 1.29 is 23.8 Å². The Kier molecular flexibility index (Phi) is 11.4. The van der Waals surface area contributed by atoms with Crippen LogP contribution in [0.15, 0.2) is 0 Å². The first-order valence-corrected chi connectivity index (χ1v) is 8.03. The van der Waals surface area contributed by atoms with Crippen LogP contribution in [0, 0.1) is 11.3 Å². The summed E-state index contributed by atoms with van der Waals surface area (Å²) in [6.07, 6.45) is 0.262. The lowest BCUT2D eigenvalue weighted by Crippen LogP contribution is -2.39. The number of ether oxygens (including phenoxy) is 3. The standard InChI is InChI=1S/C16H32N2O5/c1-13(2)16(3,4)6-7-17-14(19)12-18-15(20)23-11-10-22-9-8-21-5/h13H,6-12H2,1-5H3,(H,17,19)(H,18,20). The first-order valence-electron chi connectivity index (χ1n) is 8.03. The van der Waals surface area contributed by atoms with Crippen LogP contribution < -0.4 is 10.6 Å². The van der Waals surface area contributed by atoms with Gasteiger partial charge in [-0.2, -0.15) is 0 Å². The quantitative estimate of drug-likeness (QED) is 0.530. The summed E-state index contributed by atoms with van der Waals surface area (Å²) in [6, 6.07) is 0. The molecule has 7 nitrogen and oxygen atoms in total. The van der Waals surface area contributed by atoms with E-state index in [-0.39, 0.29) is 24.5 Å². The Morgan fingerprint density at radius 1 is 1.04 bits per heavy atom. The second-order valence-electron chi connectivity index (χ2n) is 6.34. The average Bonchev–Trinajstić information content (AvgIpc) is 2.48. The van der Waals surface area contributed by atoms with E-state index >= 15 is 0 Å². The number of hydrogen-bond donors (Lipinski definition) is 2. The first-order chi connectivity index (χ1) is 10.8. The molecule has 0 aromatic rings. The topological polar surface area (TPSA) is 85.9 Å². The van der Waals surface area contributed by atoms with E-state index in [2.05, 4.69) is 38.3 Å². The molecule has 23 heavy (non-hydrogen) atoms. The number of carbonyl (C=O) groups is 2. The molecule has 0 saturated heterocycles. The number of hydrogen-bond acceptors (Lipinski definition) is 5. The molecule has 0 heterocycles. The molecule has 7 heteroatoms. The van der Waals surface area contributed by atoms with Crippen molar-refractivity contribution in [1.29, 1.82) is 0 Å². The molecule has 0 radical (unpaired) electrons. The van der Waals surface area contributed by atoms with Crippen LogP contribution in [-0.2, 0) is 19.0 Å². The lowest BCUT2D eigenvalue weighted by Gasteiger charge is -2.29. The van der Waals surface area contributed by atoms with E-state index < -0.39 is 6.09 Å². The molecule has 0 atom stereocenters. The van der Waals surface area contributed by atoms with Gasteiger partial charge in [0.1, 0.15) is 6.61 Å². The fourth-order valence-corrected chi connectivity index (χ4v) is 1.52. The molecular formula is C16H32N2O5. The lowest BCUT2D eigenvalue weighted by atomic mass is 9.78. The number of methoxy groups -OCH3 is 1. The van der Waals surface area contributed by atoms with E-state index in [4.69, 9.17) is 14.2 Å². The Morgan fingerprint density at radius 2 is 1.70 bits per heavy atom. The summed E-state index contributed by atoms with van der Waals surface area (Å²) in [6.45, 7) is 10.6. The molecule has 0 aromatic heterocycles. The van der Waals surface area contributed by atoms with Gasteiger partial charge in [0.15, 0.2) is 0 Å². The maximum Gasteiger partial charge on any atom is 0.407 e. The van der Waals surface area contributed by atoms with Gasteiger partial charge in [-0.25, -0.2) is 4.79 Å². The monoisotopic (exact) mass is 332 g/mol. The highest BCUT2D eigenvalue weighted by molar-refractivity contribution is 5.82. The minimum absolute atomic E-state index is 0.0918. The summed E-state index contributed by atoms with van der Waals surface area (Å²) in [5.74, 6) is 0.316. The van der Waals surface area contributed by atoms with Gasteiger partial charge >= 0.3 is 6.09 Å². The van der Waals surface area contributed by atoms with Gasteiger partial charge in [0.25, 0.3) is 0 Å². The highest BCUT2D eigenvalue weighted by atomic mass is 16.6. The highest BCUT2D eigenvalue weighted by Gasteiger charge is 2.21. The molecule has 136 valence electrons. The maximum absolute atomic E-state index is 11.6. The molecule has 0 saturated carbocycles. The third kappa shape index (κ3) is 11.8. The predicted molar refractivity (Wildman–Crippen MR) is 88.3 cm³/mol. The van der Waals surface area contributed by atoms with Crippen molar-refractivity contribution in [3.05, 3.63) is 0 Å². The molecule has 0 aromatic carbocycles. The van der Waals surface area contributed by atoms with Crippen molar-refractivity contribution in [3.63, 3.8) is 0 Å². The average molecular weight is 332 g/mol. The van der Waals surface area contributed by atoms with Crippen molar-refractivity contribution >= 4 is 12.0 Å². The van der Waals surface area contributed by atoms with Crippen LogP contribution in [0.5, 0.6) is 0 Å². The van der Waals surface area contributed by atoms with E-state index in [1.807, 2.05) is 0 Å². The van der Waals surface area contributed by atoms with Gasteiger partial charge in [-0.1, -0.05) is 27.7 Å². The fraction of sp³-hybridized carbons (Fsp3) is 0.875. The molecule has 2 N–H and O–H groups in total. The van der Waals surface area contributed by atoms with Gasteiger partial charge in [-0.15, -0.1) is 0 Å². The molecule has 0 unspecified atom stereocenters. The van der Waals surface area contributed by atoms with Gasteiger partial charge < -0.3 is 24.8 Å². The van der Waals surface area contributed by atoms with Crippen molar-refractivity contribution in [2.75, 3.05) is 46.6 Å². The zero-order chi connectivity index (χ0) is 17.7. The van der Waals surface area contributed by atoms with Gasteiger partial charge in [-0.05, 0) is 17.8 Å². The third-order valence-corrected chi connectivity index (χ3v) is 3.94.